The summed E-state index contributed by atoms with van der Waals surface area (Å²) in [4.78, 5) is 10.6. The van der Waals surface area contributed by atoms with Crippen molar-refractivity contribution in [2.45, 2.75) is 26.3 Å². The summed E-state index contributed by atoms with van der Waals surface area (Å²) in [5, 5.41) is 0. The lowest BCUT2D eigenvalue weighted by molar-refractivity contribution is 0.844. The highest BCUT2D eigenvalue weighted by molar-refractivity contribution is 9.10. The molecule has 0 saturated heterocycles. The number of hydrogen-bond acceptors (Lipinski definition) is 4. The van der Waals surface area contributed by atoms with Crippen LogP contribution in [0.1, 0.15) is 24.5 Å². The zero-order valence-electron chi connectivity index (χ0n) is 11.8. The molecule has 1 aromatic heterocycles. The molecule has 106 valence electrons. The lowest BCUT2D eigenvalue weighted by Crippen LogP contribution is -2.20. The zero-order chi connectivity index (χ0) is 14.5. The molecule has 5 heteroatoms. The third-order valence-electron chi connectivity index (χ3n) is 3.18. The highest BCUT2D eigenvalue weighted by atomic mass is 79.9. The van der Waals surface area contributed by atoms with Gasteiger partial charge in [0.15, 0.2) is 0 Å². The molecule has 0 unspecified atom stereocenters. The van der Waals surface area contributed by atoms with Gasteiger partial charge in [0.05, 0.1) is 0 Å². The van der Waals surface area contributed by atoms with Gasteiger partial charge in [0.1, 0.15) is 18.0 Å². The van der Waals surface area contributed by atoms with Crippen molar-refractivity contribution >= 4 is 27.6 Å². The molecular formula is C15H19BrN4. The number of benzene rings is 1. The summed E-state index contributed by atoms with van der Waals surface area (Å²) in [5.41, 5.74) is 8.23. The van der Waals surface area contributed by atoms with E-state index in [0.29, 0.717) is 5.82 Å². The smallest absolute Gasteiger partial charge is 0.137 e. The Hall–Kier alpha value is -1.62. The van der Waals surface area contributed by atoms with Crippen molar-refractivity contribution < 1.29 is 0 Å². The quantitative estimate of drug-likeness (QED) is 0.910. The van der Waals surface area contributed by atoms with Gasteiger partial charge in [-0.05, 0) is 18.1 Å². The Labute approximate surface area is 128 Å². The van der Waals surface area contributed by atoms with E-state index in [1.54, 1.807) is 0 Å². The molecule has 1 aromatic carbocycles. The molecule has 0 aliphatic rings. The Morgan fingerprint density at radius 3 is 2.70 bits per heavy atom. The molecule has 0 radical (unpaired) electrons. The number of anilines is 2. The highest BCUT2D eigenvalue weighted by Crippen LogP contribution is 2.25. The summed E-state index contributed by atoms with van der Waals surface area (Å²) >= 11 is 3.58. The Bertz CT molecular complexity index is 586. The van der Waals surface area contributed by atoms with E-state index in [1.165, 1.54) is 11.9 Å². The predicted octanol–water partition coefficient (Wildman–Crippen LogP) is 3.41. The molecule has 0 amide bonds. The van der Waals surface area contributed by atoms with Crippen LogP contribution >= 0.6 is 15.9 Å². The van der Waals surface area contributed by atoms with Crippen LogP contribution in [0.2, 0.25) is 0 Å². The Balaban J connectivity index is 2.27. The summed E-state index contributed by atoms with van der Waals surface area (Å²) in [6.45, 7) is 2.90. The molecule has 0 atom stereocenters. The van der Waals surface area contributed by atoms with Crippen LogP contribution in [-0.4, -0.2) is 17.0 Å². The van der Waals surface area contributed by atoms with Gasteiger partial charge < -0.3 is 10.6 Å². The zero-order valence-corrected chi connectivity index (χ0v) is 13.4. The standard InChI is InChI=1S/C15H19BrN4/c1-3-6-12-14(17)18-10-19-15(12)20(2)9-11-7-4-5-8-13(11)16/h4-5,7-8,10H,3,6,9H2,1-2H3,(H2,17,18,19). The third kappa shape index (κ3) is 3.28. The van der Waals surface area contributed by atoms with Crippen LogP contribution in [0.4, 0.5) is 11.6 Å². The van der Waals surface area contributed by atoms with E-state index in [1.807, 2.05) is 25.2 Å². The minimum absolute atomic E-state index is 0.579. The van der Waals surface area contributed by atoms with Crippen molar-refractivity contribution in [2.75, 3.05) is 17.7 Å². The summed E-state index contributed by atoms with van der Waals surface area (Å²) < 4.78 is 1.10. The normalized spacial score (nSPS) is 10.6. The van der Waals surface area contributed by atoms with Crippen LogP contribution in [0.3, 0.4) is 0 Å². The number of rotatable bonds is 5. The lowest BCUT2D eigenvalue weighted by atomic mass is 10.1. The first-order valence-electron chi connectivity index (χ1n) is 6.67. The summed E-state index contributed by atoms with van der Waals surface area (Å²) in [7, 11) is 2.03. The maximum atomic E-state index is 5.98. The molecule has 1 heterocycles. The minimum Gasteiger partial charge on any atom is -0.383 e. The molecule has 0 saturated carbocycles. The number of nitrogen functional groups attached to an aromatic ring is 1. The molecule has 0 aliphatic carbocycles. The van der Waals surface area contributed by atoms with E-state index in [-0.39, 0.29) is 0 Å². The minimum atomic E-state index is 0.579. The van der Waals surface area contributed by atoms with Gasteiger partial charge in [0, 0.05) is 23.6 Å². The third-order valence-corrected chi connectivity index (χ3v) is 3.96. The predicted molar refractivity (Wildman–Crippen MR) is 86.7 cm³/mol. The van der Waals surface area contributed by atoms with Crippen LogP contribution in [0.15, 0.2) is 35.1 Å². The average molecular weight is 335 g/mol. The second-order valence-electron chi connectivity index (χ2n) is 4.76. The van der Waals surface area contributed by atoms with E-state index in [2.05, 4.69) is 43.8 Å². The van der Waals surface area contributed by atoms with Crippen molar-refractivity contribution in [3.05, 3.63) is 46.2 Å². The van der Waals surface area contributed by atoms with Crippen LogP contribution in [0, 0.1) is 0 Å². The second kappa shape index (κ2) is 6.70. The molecule has 0 spiro atoms. The van der Waals surface area contributed by atoms with Gasteiger partial charge in [0.2, 0.25) is 0 Å². The van der Waals surface area contributed by atoms with Crippen molar-refractivity contribution in [1.82, 2.24) is 9.97 Å². The van der Waals surface area contributed by atoms with E-state index < -0.39 is 0 Å². The SMILES string of the molecule is CCCc1c(N)ncnc1N(C)Cc1ccccc1Br. The molecule has 0 aliphatic heterocycles. The van der Waals surface area contributed by atoms with Crippen LogP contribution in [-0.2, 0) is 13.0 Å². The van der Waals surface area contributed by atoms with Gasteiger partial charge >= 0.3 is 0 Å². The monoisotopic (exact) mass is 334 g/mol. The van der Waals surface area contributed by atoms with Gasteiger partial charge in [-0.1, -0.05) is 47.5 Å². The Morgan fingerprint density at radius 2 is 2.00 bits per heavy atom. The first kappa shape index (κ1) is 14.8. The van der Waals surface area contributed by atoms with Crippen molar-refractivity contribution in [3.63, 3.8) is 0 Å². The number of hydrogen-bond donors (Lipinski definition) is 1. The number of aromatic nitrogens is 2. The maximum Gasteiger partial charge on any atom is 0.137 e. The Morgan fingerprint density at radius 1 is 1.25 bits per heavy atom. The molecule has 20 heavy (non-hydrogen) atoms. The van der Waals surface area contributed by atoms with Gasteiger partial charge in [0.25, 0.3) is 0 Å². The van der Waals surface area contributed by atoms with Gasteiger partial charge in [-0.15, -0.1) is 0 Å². The summed E-state index contributed by atoms with van der Waals surface area (Å²) in [5.74, 6) is 1.49. The van der Waals surface area contributed by atoms with Gasteiger partial charge in [-0.2, -0.15) is 0 Å². The van der Waals surface area contributed by atoms with E-state index >= 15 is 0 Å². The molecule has 4 nitrogen and oxygen atoms in total. The topological polar surface area (TPSA) is 55.0 Å². The highest BCUT2D eigenvalue weighted by Gasteiger charge is 2.13. The largest absolute Gasteiger partial charge is 0.383 e. The summed E-state index contributed by atoms with van der Waals surface area (Å²) in [6, 6.07) is 8.20. The van der Waals surface area contributed by atoms with Crippen molar-refractivity contribution in [3.8, 4) is 0 Å². The number of halogens is 1. The lowest BCUT2D eigenvalue weighted by Gasteiger charge is -2.22. The van der Waals surface area contributed by atoms with Gasteiger partial charge in [-0.25, -0.2) is 9.97 Å². The molecule has 0 fully saturated rings. The second-order valence-corrected chi connectivity index (χ2v) is 5.61. The first-order valence-corrected chi connectivity index (χ1v) is 7.46. The molecule has 0 bridgehead atoms. The fourth-order valence-corrected chi connectivity index (χ4v) is 2.60. The molecule has 2 N–H and O–H groups in total. The van der Waals surface area contributed by atoms with Gasteiger partial charge in [-0.3, -0.25) is 0 Å². The molecule has 2 aromatic rings. The Kier molecular flexibility index (Phi) is 4.95. The molecule has 2 rings (SSSR count). The number of nitrogens with zero attached hydrogens (tertiary/aromatic N) is 3. The van der Waals surface area contributed by atoms with E-state index in [0.717, 1.165) is 35.2 Å². The van der Waals surface area contributed by atoms with E-state index in [4.69, 9.17) is 5.73 Å². The van der Waals surface area contributed by atoms with Crippen LogP contribution in [0.25, 0.3) is 0 Å². The maximum absolute atomic E-state index is 5.98. The average Bonchev–Trinajstić information content (AvgIpc) is 2.43. The van der Waals surface area contributed by atoms with Crippen molar-refractivity contribution in [1.29, 1.82) is 0 Å². The number of nitrogens with two attached hydrogens (primary N) is 1. The molecular weight excluding hydrogens is 316 g/mol. The van der Waals surface area contributed by atoms with Crippen LogP contribution < -0.4 is 10.6 Å². The van der Waals surface area contributed by atoms with Crippen LogP contribution in [0.5, 0.6) is 0 Å². The summed E-state index contributed by atoms with van der Waals surface area (Å²) in [6.07, 6.45) is 3.44. The van der Waals surface area contributed by atoms with Crippen molar-refractivity contribution in [2.24, 2.45) is 0 Å². The van der Waals surface area contributed by atoms with E-state index in [9.17, 15) is 0 Å². The fourth-order valence-electron chi connectivity index (χ4n) is 2.19. The first-order chi connectivity index (χ1) is 9.63. The fraction of sp³-hybridized carbons (Fsp3) is 0.333.